The Hall–Kier alpha value is -1.59. The fraction of sp³-hybridized carbons (Fsp3) is 0.429. The topological polar surface area (TPSA) is 58.4 Å². The van der Waals surface area contributed by atoms with Gasteiger partial charge in [-0.3, -0.25) is 4.79 Å². The van der Waals surface area contributed by atoms with Crippen molar-refractivity contribution in [3.05, 3.63) is 35.8 Å². The van der Waals surface area contributed by atoms with Crippen LogP contribution < -0.4 is 10.6 Å². The number of nitrogens with zero attached hydrogens (tertiary/aromatic N) is 2. The first-order chi connectivity index (χ1) is 9.24. The Morgan fingerprint density at radius 2 is 2.40 bits per heavy atom. The normalized spacial score (nSPS) is 17.9. The van der Waals surface area contributed by atoms with Crippen LogP contribution in [0.25, 0.3) is 5.65 Å². The lowest BCUT2D eigenvalue weighted by Crippen LogP contribution is -2.40. The number of hydrogen-bond acceptors (Lipinski definition) is 3. The van der Waals surface area contributed by atoms with Crippen LogP contribution in [0.5, 0.6) is 0 Å². The summed E-state index contributed by atoms with van der Waals surface area (Å²) >= 11 is 0. The molecule has 6 heteroatoms. The van der Waals surface area contributed by atoms with E-state index in [0.29, 0.717) is 6.54 Å². The second kappa shape index (κ2) is 6.24. The molecule has 1 atom stereocenters. The molecule has 1 amide bonds. The Labute approximate surface area is 124 Å². The van der Waals surface area contributed by atoms with E-state index < -0.39 is 0 Å². The summed E-state index contributed by atoms with van der Waals surface area (Å²) in [5, 5.41) is 6.13. The van der Waals surface area contributed by atoms with E-state index in [0.717, 1.165) is 36.4 Å². The number of imidazole rings is 1. The molecule has 0 saturated carbocycles. The van der Waals surface area contributed by atoms with Gasteiger partial charge in [0.2, 0.25) is 5.91 Å². The predicted molar refractivity (Wildman–Crippen MR) is 80.0 cm³/mol. The molecule has 1 saturated heterocycles. The highest BCUT2D eigenvalue weighted by atomic mass is 35.5. The van der Waals surface area contributed by atoms with E-state index in [2.05, 4.69) is 15.6 Å². The van der Waals surface area contributed by atoms with E-state index in [4.69, 9.17) is 0 Å². The van der Waals surface area contributed by atoms with Gasteiger partial charge in [0.25, 0.3) is 0 Å². The van der Waals surface area contributed by atoms with Crippen LogP contribution in [-0.4, -0.2) is 27.9 Å². The SMILES string of the molecule is Cc1cccc2nc(CNC(=O)[C@@H]3CCCN3)cn12.Cl. The molecule has 0 radical (unpaired) electrons. The van der Waals surface area contributed by atoms with Crippen LogP contribution in [-0.2, 0) is 11.3 Å². The summed E-state index contributed by atoms with van der Waals surface area (Å²) in [5.41, 5.74) is 2.95. The van der Waals surface area contributed by atoms with E-state index in [-0.39, 0.29) is 24.4 Å². The number of fused-ring (bicyclic) bond motifs is 1. The van der Waals surface area contributed by atoms with Crippen molar-refractivity contribution in [3.8, 4) is 0 Å². The number of aryl methyl sites for hydroxylation is 1. The molecule has 3 rings (SSSR count). The largest absolute Gasteiger partial charge is 0.349 e. The highest BCUT2D eigenvalue weighted by Gasteiger charge is 2.21. The summed E-state index contributed by atoms with van der Waals surface area (Å²) in [6.07, 6.45) is 3.98. The Bertz CT molecular complexity index is 604. The van der Waals surface area contributed by atoms with Gasteiger partial charge in [0.1, 0.15) is 5.65 Å². The van der Waals surface area contributed by atoms with Gasteiger partial charge in [-0.25, -0.2) is 4.98 Å². The summed E-state index contributed by atoms with van der Waals surface area (Å²) in [7, 11) is 0. The summed E-state index contributed by atoms with van der Waals surface area (Å²) in [6.45, 7) is 3.46. The highest BCUT2D eigenvalue weighted by molar-refractivity contribution is 5.85. The van der Waals surface area contributed by atoms with Gasteiger partial charge in [-0.05, 0) is 38.4 Å². The predicted octanol–water partition coefficient (Wildman–Crippen LogP) is 1.43. The van der Waals surface area contributed by atoms with Crippen LogP contribution in [0, 0.1) is 6.92 Å². The minimum Gasteiger partial charge on any atom is -0.349 e. The van der Waals surface area contributed by atoms with Gasteiger partial charge in [0, 0.05) is 11.9 Å². The van der Waals surface area contributed by atoms with Gasteiger partial charge >= 0.3 is 0 Å². The lowest BCUT2D eigenvalue weighted by Gasteiger charge is -2.09. The van der Waals surface area contributed by atoms with Gasteiger partial charge in [-0.15, -0.1) is 12.4 Å². The number of hydrogen-bond donors (Lipinski definition) is 2. The minimum absolute atomic E-state index is 0. The molecule has 3 heterocycles. The number of nitrogens with one attached hydrogen (secondary N) is 2. The van der Waals surface area contributed by atoms with Crippen LogP contribution in [0.3, 0.4) is 0 Å². The number of carbonyl (C=O) groups excluding carboxylic acids is 1. The summed E-state index contributed by atoms with van der Waals surface area (Å²) in [5.74, 6) is 0.0753. The van der Waals surface area contributed by atoms with Gasteiger partial charge in [0.05, 0.1) is 18.3 Å². The first-order valence-corrected chi connectivity index (χ1v) is 6.69. The van der Waals surface area contributed by atoms with Crippen LogP contribution in [0.4, 0.5) is 0 Å². The fourth-order valence-electron chi connectivity index (χ4n) is 2.49. The Morgan fingerprint density at radius 3 is 3.10 bits per heavy atom. The molecule has 108 valence electrons. The lowest BCUT2D eigenvalue weighted by atomic mass is 10.2. The molecule has 5 nitrogen and oxygen atoms in total. The standard InChI is InChI=1S/C14H18N4O.ClH/c1-10-4-2-6-13-17-11(9-18(10)13)8-16-14(19)12-5-3-7-15-12;/h2,4,6,9,12,15H,3,5,7-8H2,1H3,(H,16,19);1H/t12-;/m0./s1. The first kappa shape index (κ1) is 14.8. The molecule has 1 fully saturated rings. The van der Waals surface area contributed by atoms with Gasteiger partial charge in [-0.2, -0.15) is 0 Å². The molecule has 0 aromatic carbocycles. The second-order valence-corrected chi connectivity index (χ2v) is 4.99. The Balaban J connectivity index is 0.00000147. The Morgan fingerprint density at radius 1 is 1.55 bits per heavy atom. The molecule has 2 aromatic rings. The molecule has 2 aromatic heterocycles. The van der Waals surface area contributed by atoms with Crippen LogP contribution in [0.2, 0.25) is 0 Å². The molecule has 0 bridgehead atoms. The molecule has 1 aliphatic heterocycles. The average Bonchev–Trinajstić information content (AvgIpc) is 3.05. The molecule has 0 spiro atoms. The van der Waals surface area contributed by atoms with Crippen molar-refractivity contribution in [2.24, 2.45) is 0 Å². The molecule has 0 aliphatic carbocycles. The number of aromatic nitrogens is 2. The van der Waals surface area contributed by atoms with Crippen molar-refractivity contribution in [1.82, 2.24) is 20.0 Å². The molecule has 2 N–H and O–H groups in total. The first-order valence-electron chi connectivity index (χ1n) is 6.69. The third-order valence-electron chi connectivity index (χ3n) is 3.57. The van der Waals surface area contributed by atoms with Crippen molar-refractivity contribution < 1.29 is 4.79 Å². The van der Waals surface area contributed by atoms with Gasteiger partial charge < -0.3 is 15.0 Å². The third kappa shape index (κ3) is 2.94. The van der Waals surface area contributed by atoms with Crippen molar-refractivity contribution in [2.45, 2.75) is 32.4 Å². The number of amides is 1. The lowest BCUT2D eigenvalue weighted by molar-refractivity contribution is -0.122. The maximum Gasteiger partial charge on any atom is 0.237 e. The van der Waals surface area contributed by atoms with Gasteiger partial charge in [0.15, 0.2) is 0 Å². The maximum atomic E-state index is 11.9. The fourth-order valence-corrected chi connectivity index (χ4v) is 2.49. The summed E-state index contributed by atoms with van der Waals surface area (Å²) < 4.78 is 2.04. The zero-order chi connectivity index (χ0) is 13.2. The molecular weight excluding hydrogens is 276 g/mol. The zero-order valence-corrected chi connectivity index (χ0v) is 12.2. The van der Waals surface area contributed by atoms with E-state index in [1.165, 1.54) is 0 Å². The van der Waals surface area contributed by atoms with Crippen LogP contribution in [0.15, 0.2) is 24.4 Å². The summed E-state index contributed by atoms with van der Waals surface area (Å²) in [6, 6.07) is 5.97. The quantitative estimate of drug-likeness (QED) is 0.900. The minimum atomic E-state index is -0.0289. The van der Waals surface area contributed by atoms with E-state index >= 15 is 0 Å². The van der Waals surface area contributed by atoms with E-state index in [1.54, 1.807) is 0 Å². The van der Waals surface area contributed by atoms with Gasteiger partial charge in [-0.1, -0.05) is 6.07 Å². The number of rotatable bonds is 3. The number of carbonyl (C=O) groups is 1. The van der Waals surface area contributed by atoms with E-state index in [9.17, 15) is 4.79 Å². The maximum absolute atomic E-state index is 11.9. The molecule has 1 aliphatic rings. The van der Waals surface area contributed by atoms with Crippen molar-refractivity contribution in [1.29, 1.82) is 0 Å². The molecule has 0 unspecified atom stereocenters. The van der Waals surface area contributed by atoms with Crippen molar-refractivity contribution in [2.75, 3.05) is 6.54 Å². The number of pyridine rings is 1. The van der Waals surface area contributed by atoms with Crippen molar-refractivity contribution >= 4 is 24.0 Å². The zero-order valence-electron chi connectivity index (χ0n) is 11.4. The van der Waals surface area contributed by atoms with Crippen LogP contribution in [0.1, 0.15) is 24.2 Å². The van der Waals surface area contributed by atoms with E-state index in [1.807, 2.05) is 35.7 Å². The Kier molecular flexibility index (Phi) is 4.62. The monoisotopic (exact) mass is 294 g/mol. The highest BCUT2D eigenvalue weighted by Crippen LogP contribution is 2.09. The average molecular weight is 295 g/mol. The number of halogens is 1. The second-order valence-electron chi connectivity index (χ2n) is 4.99. The summed E-state index contributed by atoms with van der Waals surface area (Å²) in [4.78, 5) is 16.4. The third-order valence-corrected chi connectivity index (χ3v) is 3.57. The smallest absolute Gasteiger partial charge is 0.237 e. The van der Waals surface area contributed by atoms with Crippen molar-refractivity contribution in [3.63, 3.8) is 0 Å². The van der Waals surface area contributed by atoms with Crippen LogP contribution >= 0.6 is 12.4 Å². The molecular formula is C14H19ClN4O. The molecule has 20 heavy (non-hydrogen) atoms.